The molecule has 114 valence electrons. The molecule has 5 nitrogen and oxygen atoms in total. The second-order valence-corrected chi connectivity index (χ2v) is 6.61. The van der Waals surface area contributed by atoms with Gasteiger partial charge in [-0.3, -0.25) is 9.59 Å². The van der Waals surface area contributed by atoms with Crippen molar-refractivity contribution >= 4 is 11.9 Å². The maximum absolute atomic E-state index is 12.0. The highest BCUT2D eigenvalue weighted by Gasteiger charge is 2.65. The molecule has 0 heterocycles. The average molecular weight is 283 g/mol. The summed E-state index contributed by atoms with van der Waals surface area (Å²) in [5.41, 5.74) is -0.410. The number of carbonyl (C=O) groups excluding carboxylic acids is 1. The normalized spacial score (nSPS) is 34.1. The molecule has 20 heavy (non-hydrogen) atoms. The van der Waals surface area contributed by atoms with Gasteiger partial charge in [0.2, 0.25) is 5.91 Å². The number of ether oxygens (including phenoxy) is 1. The number of nitrogens with one attached hydrogen (secondary N) is 1. The average Bonchev–Trinajstić information content (AvgIpc) is 2.89. The van der Waals surface area contributed by atoms with Crippen LogP contribution in [0.25, 0.3) is 0 Å². The molecular weight excluding hydrogens is 258 g/mol. The van der Waals surface area contributed by atoms with E-state index in [2.05, 4.69) is 5.32 Å². The second kappa shape index (κ2) is 5.72. The molecule has 2 rings (SSSR count). The fourth-order valence-corrected chi connectivity index (χ4v) is 3.38. The van der Waals surface area contributed by atoms with Crippen LogP contribution in [0.15, 0.2) is 0 Å². The molecule has 0 aromatic heterocycles. The number of carbonyl (C=O) groups is 2. The number of hydrogen-bond acceptors (Lipinski definition) is 3. The van der Waals surface area contributed by atoms with Crippen LogP contribution in [0.2, 0.25) is 0 Å². The van der Waals surface area contributed by atoms with Gasteiger partial charge in [0.25, 0.3) is 0 Å². The van der Waals surface area contributed by atoms with Crippen LogP contribution >= 0.6 is 0 Å². The SMILES string of the molecule is CCOC1CC(CCNC(=O)[C@@H]2[C@H](C(=O)O)C2(C)C)C1. The van der Waals surface area contributed by atoms with Gasteiger partial charge in [-0.05, 0) is 37.5 Å². The molecule has 0 aromatic rings. The lowest BCUT2D eigenvalue weighted by molar-refractivity contribution is -0.140. The van der Waals surface area contributed by atoms with Crippen molar-refractivity contribution in [3.8, 4) is 0 Å². The Labute approximate surface area is 120 Å². The van der Waals surface area contributed by atoms with Crippen molar-refractivity contribution < 1.29 is 19.4 Å². The Morgan fingerprint density at radius 3 is 2.45 bits per heavy atom. The molecule has 0 unspecified atom stereocenters. The molecule has 2 saturated carbocycles. The molecule has 2 aliphatic carbocycles. The molecule has 2 fully saturated rings. The van der Waals surface area contributed by atoms with Crippen molar-refractivity contribution in [2.24, 2.45) is 23.2 Å². The first kappa shape index (κ1) is 15.3. The van der Waals surface area contributed by atoms with Gasteiger partial charge in [0, 0.05) is 13.2 Å². The maximum atomic E-state index is 12.0. The highest BCUT2D eigenvalue weighted by molar-refractivity contribution is 5.91. The van der Waals surface area contributed by atoms with Crippen LogP contribution in [0.5, 0.6) is 0 Å². The summed E-state index contributed by atoms with van der Waals surface area (Å²) in [5, 5.41) is 11.9. The third-order valence-electron chi connectivity index (χ3n) is 4.82. The third kappa shape index (κ3) is 2.97. The van der Waals surface area contributed by atoms with E-state index in [1.165, 1.54) is 0 Å². The Balaban J connectivity index is 1.64. The van der Waals surface area contributed by atoms with Gasteiger partial charge in [0.1, 0.15) is 0 Å². The van der Waals surface area contributed by atoms with Crippen molar-refractivity contribution in [1.29, 1.82) is 0 Å². The van der Waals surface area contributed by atoms with E-state index in [4.69, 9.17) is 9.84 Å². The van der Waals surface area contributed by atoms with E-state index < -0.39 is 17.3 Å². The Hall–Kier alpha value is -1.10. The van der Waals surface area contributed by atoms with Crippen LogP contribution in [0.1, 0.15) is 40.0 Å². The molecule has 1 amide bonds. The van der Waals surface area contributed by atoms with Crippen molar-refractivity contribution in [3.63, 3.8) is 0 Å². The van der Waals surface area contributed by atoms with Gasteiger partial charge in [-0.1, -0.05) is 13.8 Å². The van der Waals surface area contributed by atoms with Crippen molar-refractivity contribution in [2.75, 3.05) is 13.2 Å². The van der Waals surface area contributed by atoms with E-state index in [1.54, 1.807) is 0 Å². The maximum Gasteiger partial charge on any atom is 0.307 e. The summed E-state index contributed by atoms with van der Waals surface area (Å²) in [5.74, 6) is -1.25. The lowest BCUT2D eigenvalue weighted by Crippen LogP contribution is -2.35. The molecule has 2 aliphatic rings. The Bertz CT molecular complexity index is 387. The highest BCUT2D eigenvalue weighted by atomic mass is 16.5. The van der Waals surface area contributed by atoms with Crippen LogP contribution in [-0.2, 0) is 14.3 Å². The van der Waals surface area contributed by atoms with Gasteiger partial charge in [-0.25, -0.2) is 0 Å². The summed E-state index contributed by atoms with van der Waals surface area (Å²) in [4.78, 5) is 23.0. The Kier molecular flexibility index (Phi) is 4.37. The number of rotatable bonds is 7. The molecule has 0 aliphatic heterocycles. The number of amides is 1. The molecule has 2 atom stereocenters. The summed E-state index contributed by atoms with van der Waals surface area (Å²) < 4.78 is 5.50. The van der Waals surface area contributed by atoms with Crippen LogP contribution in [0.4, 0.5) is 0 Å². The Morgan fingerprint density at radius 2 is 1.95 bits per heavy atom. The van der Waals surface area contributed by atoms with Crippen LogP contribution < -0.4 is 5.32 Å². The van der Waals surface area contributed by atoms with Crippen LogP contribution in [-0.4, -0.2) is 36.2 Å². The van der Waals surface area contributed by atoms with Gasteiger partial charge < -0.3 is 15.2 Å². The summed E-state index contributed by atoms with van der Waals surface area (Å²) in [6.45, 7) is 7.09. The lowest BCUT2D eigenvalue weighted by atomic mass is 9.80. The van der Waals surface area contributed by atoms with Gasteiger partial charge in [0.15, 0.2) is 0 Å². The number of hydrogen-bond donors (Lipinski definition) is 2. The molecule has 0 aromatic carbocycles. The predicted molar refractivity (Wildman–Crippen MR) is 74.2 cm³/mol. The minimum atomic E-state index is -0.867. The topological polar surface area (TPSA) is 75.6 Å². The van der Waals surface area contributed by atoms with Crippen molar-refractivity contribution in [1.82, 2.24) is 5.32 Å². The zero-order chi connectivity index (χ0) is 14.9. The molecule has 0 bridgehead atoms. The predicted octanol–water partition coefficient (Wildman–Crippen LogP) is 1.66. The fourth-order valence-electron chi connectivity index (χ4n) is 3.38. The van der Waals surface area contributed by atoms with E-state index in [0.717, 1.165) is 25.9 Å². The first-order valence-corrected chi connectivity index (χ1v) is 7.50. The molecule has 2 N–H and O–H groups in total. The summed E-state index contributed by atoms with van der Waals surface area (Å²) >= 11 is 0. The quantitative estimate of drug-likeness (QED) is 0.745. The van der Waals surface area contributed by atoms with Crippen LogP contribution in [0.3, 0.4) is 0 Å². The summed E-state index contributed by atoms with van der Waals surface area (Å²) in [6.07, 6.45) is 3.52. The Morgan fingerprint density at radius 1 is 1.30 bits per heavy atom. The summed E-state index contributed by atoms with van der Waals surface area (Å²) in [6, 6.07) is 0. The molecule has 5 heteroatoms. The largest absolute Gasteiger partial charge is 0.481 e. The minimum Gasteiger partial charge on any atom is -0.481 e. The van der Waals surface area contributed by atoms with Gasteiger partial charge in [0.05, 0.1) is 17.9 Å². The third-order valence-corrected chi connectivity index (χ3v) is 4.82. The van der Waals surface area contributed by atoms with E-state index in [-0.39, 0.29) is 11.8 Å². The van der Waals surface area contributed by atoms with E-state index in [9.17, 15) is 9.59 Å². The van der Waals surface area contributed by atoms with E-state index >= 15 is 0 Å². The minimum absolute atomic E-state index is 0.108. The van der Waals surface area contributed by atoms with E-state index in [1.807, 2.05) is 20.8 Å². The molecule has 0 spiro atoms. The number of aliphatic carboxylic acids is 1. The van der Waals surface area contributed by atoms with Crippen molar-refractivity contribution in [3.05, 3.63) is 0 Å². The number of carboxylic acid groups (broad SMARTS) is 1. The lowest BCUT2D eigenvalue weighted by Gasteiger charge is -2.34. The standard InChI is InChI=1S/C15H25NO4/c1-4-20-10-7-9(8-10)5-6-16-13(17)11-12(14(18)19)15(11,2)3/h9-12H,4-8H2,1-3H3,(H,16,17)(H,18,19)/t9?,10?,11-,12+/m0/s1. The highest BCUT2D eigenvalue weighted by Crippen LogP contribution is 2.58. The van der Waals surface area contributed by atoms with E-state index in [0.29, 0.717) is 18.6 Å². The van der Waals surface area contributed by atoms with Gasteiger partial charge in [-0.2, -0.15) is 0 Å². The summed E-state index contributed by atoms with van der Waals surface area (Å²) in [7, 11) is 0. The monoisotopic (exact) mass is 283 g/mol. The number of carboxylic acids is 1. The zero-order valence-electron chi connectivity index (χ0n) is 12.5. The smallest absolute Gasteiger partial charge is 0.307 e. The molecular formula is C15H25NO4. The molecule has 0 radical (unpaired) electrons. The molecule has 0 saturated heterocycles. The van der Waals surface area contributed by atoms with Gasteiger partial charge >= 0.3 is 5.97 Å². The first-order valence-electron chi connectivity index (χ1n) is 7.50. The van der Waals surface area contributed by atoms with Crippen molar-refractivity contribution in [2.45, 2.75) is 46.1 Å². The second-order valence-electron chi connectivity index (χ2n) is 6.61. The first-order chi connectivity index (χ1) is 9.37. The van der Waals surface area contributed by atoms with Gasteiger partial charge in [-0.15, -0.1) is 0 Å². The zero-order valence-corrected chi connectivity index (χ0v) is 12.5. The van der Waals surface area contributed by atoms with Crippen LogP contribution in [0, 0.1) is 23.2 Å². The fraction of sp³-hybridized carbons (Fsp3) is 0.867.